The van der Waals surface area contributed by atoms with E-state index in [0.29, 0.717) is 29.4 Å². The zero-order chi connectivity index (χ0) is 15.2. The maximum atomic E-state index is 8.84. The van der Waals surface area contributed by atoms with Crippen molar-refractivity contribution < 1.29 is 9.84 Å². The average molecular weight is 325 g/mol. The maximum absolute atomic E-state index is 8.84. The first-order valence-electron chi connectivity index (χ1n) is 6.60. The maximum Gasteiger partial charge on any atom is 0.142 e. The SMILES string of the molecule is Cl.Nc1cc(N)cc(CNc2cc(N)ccc2OCCO)c1. The smallest absolute Gasteiger partial charge is 0.142 e. The van der Waals surface area contributed by atoms with Crippen molar-refractivity contribution in [3.63, 3.8) is 0 Å². The van der Waals surface area contributed by atoms with E-state index in [2.05, 4.69) is 5.32 Å². The van der Waals surface area contributed by atoms with Crippen molar-refractivity contribution >= 4 is 35.2 Å². The number of hydrogen-bond donors (Lipinski definition) is 5. The van der Waals surface area contributed by atoms with Gasteiger partial charge in [-0.05, 0) is 42.0 Å². The predicted molar refractivity (Wildman–Crippen MR) is 93.3 cm³/mol. The fourth-order valence-electron chi connectivity index (χ4n) is 2.01. The van der Waals surface area contributed by atoms with Crippen LogP contribution in [0.15, 0.2) is 36.4 Å². The Morgan fingerprint density at radius 1 is 0.955 bits per heavy atom. The summed E-state index contributed by atoms with van der Waals surface area (Å²) in [7, 11) is 0. The number of nitrogens with two attached hydrogens (primary N) is 3. The van der Waals surface area contributed by atoms with Crippen molar-refractivity contribution in [2.45, 2.75) is 6.54 Å². The lowest BCUT2D eigenvalue weighted by Gasteiger charge is -2.14. The molecule has 0 spiro atoms. The number of halogens is 1. The number of benzene rings is 2. The molecule has 0 saturated carbocycles. The summed E-state index contributed by atoms with van der Waals surface area (Å²) in [6.07, 6.45) is 0. The van der Waals surface area contributed by atoms with Crippen LogP contribution in [0.1, 0.15) is 5.56 Å². The summed E-state index contributed by atoms with van der Waals surface area (Å²) in [5, 5.41) is 12.1. The number of hydrogen-bond acceptors (Lipinski definition) is 6. The molecule has 7 heteroatoms. The Bertz CT molecular complexity index is 602. The molecule has 6 nitrogen and oxygen atoms in total. The second-order valence-electron chi connectivity index (χ2n) is 4.69. The third-order valence-electron chi connectivity index (χ3n) is 2.87. The highest BCUT2D eigenvalue weighted by Gasteiger charge is 2.05. The zero-order valence-corrected chi connectivity index (χ0v) is 12.9. The second kappa shape index (κ2) is 8.21. The van der Waals surface area contributed by atoms with Gasteiger partial charge in [-0.1, -0.05) is 0 Å². The van der Waals surface area contributed by atoms with Crippen LogP contribution in [-0.4, -0.2) is 18.3 Å². The molecule has 120 valence electrons. The first kappa shape index (κ1) is 17.7. The molecule has 0 atom stereocenters. The molecule has 8 N–H and O–H groups in total. The number of aliphatic hydroxyl groups is 1. The number of nitrogens with one attached hydrogen (secondary N) is 1. The van der Waals surface area contributed by atoms with Gasteiger partial charge in [0, 0.05) is 23.6 Å². The molecule has 0 bridgehead atoms. The number of nitrogen functional groups attached to an aromatic ring is 3. The summed E-state index contributed by atoms with van der Waals surface area (Å²) >= 11 is 0. The minimum atomic E-state index is -0.0461. The monoisotopic (exact) mass is 324 g/mol. The molecule has 0 aromatic heterocycles. The highest BCUT2D eigenvalue weighted by Crippen LogP contribution is 2.27. The van der Waals surface area contributed by atoms with Gasteiger partial charge in [0.1, 0.15) is 12.4 Å². The molecule has 22 heavy (non-hydrogen) atoms. The van der Waals surface area contributed by atoms with E-state index in [0.717, 1.165) is 11.3 Å². The normalized spacial score (nSPS) is 9.86. The molecular formula is C15H21ClN4O2. The van der Waals surface area contributed by atoms with E-state index >= 15 is 0 Å². The highest BCUT2D eigenvalue weighted by molar-refractivity contribution is 5.85. The van der Waals surface area contributed by atoms with Crippen LogP contribution >= 0.6 is 12.4 Å². The van der Waals surface area contributed by atoms with E-state index in [9.17, 15) is 0 Å². The Morgan fingerprint density at radius 3 is 2.27 bits per heavy atom. The summed E-state index contributed by atoms with van der Waals surface area (Å²) in [5.74, 6) is 0.634. The Hall–Kier alpha value is -2.31. The fourth-order valence-corrected chi connectivity index (χ4v) is 2.01. The van der Waals surface area contributed by atoms with Crippen molar-refractivity contribution in [2.75, 3.05) is 35.7 Å². The minimum absolute atomic E-state index is 0. The largest absolute Gasteiger partial charge is 0.489 e. The van der Waals surface area contributed by atoms with Crippen molar-refractivity contribution in [3.05, 3.63) is 42.0 Å². The van der Waals surface area contributed by atoms with Crippen molar-refractivity contribution in [1.82, 2.24) is 0 Å². The lowest BCUT2D eigenvalue weighted by molar-refractivity contribution is 0.202. The van der Waals surface area contributed by atoms with Gasteiger partial charge in [-0.25, -0.2) is 0 Å². The van der Waals surface area contributed by atoms with Crippen LogP contribution in [0.25, 0.3) is 0 Å². The van der Waals surface area contributed by atoms with E-state index in [-0.39, 0.29) is 25.6 Å². The average Bonchev–Trinajstić information content (AvgIpc) is 2.43. The molecule has 0 amide bonds. The highest BCUT2D eigenvalue weighted by atomic mass is 35.5. The van der Waals surface area contributed by atoms with Crippen LogP contribution in [0.2, 0.25) is 0 Å². The van der Waals surface area contributed by atoms with Crippen LogP contribution in [-0.2, 0) is 6.54 Å². The molecule has 0 unspecified atom stereocenters. The van der Waals surface area contributed by atoms with E-state index in [1.165, 1.54) is 0 Å². The molecule has 0 aliphatic heterocycles. The first-order valence-corrected chi connectivity index (χ1v) is 6.60. The quantitative estimate of drug-likeness (QED) is 0.517. The van der Waals surface area contributed by atoms with E-state index < -0.39 is 0 Å². The van der Waals surface area contributed by atoms with E-state index in [1.807, 2.05) is 12.1 Å². The molecule has 0 aliphatic rings. The molecule has 0 heterocycles. The Kier molecular flexibility index (Phi) is 6.62. The predicted octanol–water partition coefficient (Wildman–Crippen LogP) is 1.84. The van der Waals surface area contributed by atoms with Crippen molar-refractivity contribution in [3.8, 4) is 5.75 Å². The third-order valence-corrected chi connectivity index (χ3v) is 2.87. The van der Waals surface area contributed by atoms with Crippen LogP contribution in [0.4, 0.5) is 22.7 Å². The van der Waals surface area contributed by atoms with Gasteiger partial charge in [0.25, 0.3) is 0 Å². The van der Waals surface area contributed by atoms with Crippen LogP contribution < -0.4 is 27.3 Å². The number of ether oxygens (including phenoxy) is 1. The van der Waals surface area contributed by atoms with Gasteiger partial charge in [0.05, 0.1) is 12.3 Å². The summed E-state index contributed by atoms with van der Waals surface area (Å²) in [4.78, 5) is 0. The lowest BCUT2D eigenvalue weighted by atomic mass is 10.1. The molecule has 0 radical (unpaired) electrons. The molecule has 2 aromatic carbocycles. The lowest BCUT2D eigenvalue weighted by Crippen LogP contribution is -2.07. The van der Waals surface area contributed by atoms with Gasteiger partial charge < -0.3 is 32.4 Å². The molecule has 2 aromatic rings. The van der Waals surface area contributed by atoms with Gasteiger partial charge in [-0.3, -0.25) is 0 Å². The third kappa shape index (κ3) is 4.91. The van der Waals surface area contributed by atoms with Gasteiger partial charge in [0.15, 0.2) is 0 Å². The first-order chi connectivity index (χ1) is 10.1. The van der Waals surface area contributed by atoms with Crippen molar-refractivity contribution in [1.29, 1.82) is 0 Å². The molecule has 0 fully saturated rings. The van der Waals surface area contributed by atoms with Crippen LogP contribution in [0.3, 0.4) is 0 Å². The van der Waals surface area contributed by atoms with E-state index in [4.69, 9.17) is 27.0 Å². The zero-order valence-electron chi connectivity index (χ0n) is 12.1. The van der Waals surface area contributed by atoms with Gasteiger partial charge >= 0.3 is 0 Å². The van der Waals surface area contributed by atoms with E-state index in [1.54, 1.807) is 24.3 Å². The molecule has 0 aliphatic carbocycles. The number of aliphatic hydroxyl groups excluding tert-OH is 1. The van der Waals surface area contributed by atoms with Crippen molar-refractivity contribution in [2.24, 2.45) is 0 Å². The summed E-state index contributed by atoms with van der Waals surface area (Å²) in [5.41, 5.74) is 20.9. The molecular weight excluding hydrogens is 304 g/mol. The summed E-state index contributed by atoms with van der Waals surface area (Å²) < 4.78 is 5.46. The summed E-state index contributed by atoms with van der Waals surface area (Å²) in [6.45, 7) is 0.716. The standard InChI is InChI=1S/C15H20N4O2.ClH/c16-11-1-2-15(21-4-3-20)14(8-11)19-9-10-5-12(17)7-13(18)6-10;/h1-2,5-8,19-20H,3-4,9,16-18H2;1H. The minimum Gasteiger partial charge on any atom is -0.489 e. The Morgan fingerprint density at radius 2 is 1.64 bits per heavy atom. The molecule has 2 rings (SSSR count). The number of anilines is 4. The van der Waals surface area contributed by atoms with Gasteiger partial charge in [-0.15, -0.1) is 12.4 Å². The Labute approximate surface area is 135 Å². The van der Waals surface area contributed by atoms with Gasteiger partial charge in [-0.2, -0.15) is 0 Å². The topological polar surface area (TPSA) is 120 Å². The number of rotatable bonds is 6. The van der Waals surface area contributed by atoms with Crippen LogP contribution in [0.5, 0.6) is 5.75 Å². The van der Waals surface area contributed by atoms with Crippen LogP contribution in [0, 0.1) is 0 Å². The summed E-state index contributed by atoms with van der Waals surface area (Å²) in [6, 6.07) is 10.7. The second-order valence-corrected chi connectivity index (χ2v) is 4.69. The molecule has 0 saturated heterocycles. The fraction of sp³-hybridized carbons (Fsp3) is 0.200. The van der Waals surface area contributed by atoms with Gasteiger partial charge in [0.2, 0.25) is 0 Å². The Balaban J connectivity index is 0.00000242.